The second-order valence-electron chi connectivity index (χ2n) is 8.66. The fourth-order valence-electron chi connectivity index (χ4n) is 4.75. The molecule has 2 N–H and O–H groups in total. The van der Waals surface area contributed by atoms with Crippen molar-refractivity contribution in [1.82, 2.24) is 10.6 Å². The smallest absolute Gasteiger partial charge is 0.287 e. The third-order valence-corrected chi connectivity index (χ3v) is 6.58. The fraction of sp³-hybridized carbons (Fsp3) is 0.423. The molecule has 2 aliphatic carbocycles. The van der Waals surface area contributed by atoms with Crippen molar-refractivity contribution in [3.8, 4) is 11.3 Å². The minimum absolute atomic E-state index is 0.145. The molecule has 2 aromatic rings. The van der Waals surface area contributed by atoms with Gasteiger partial charge in [-0.05, 0) is 54.2 Å². The normalized spacial score (nSPS) is 16.8. The van der Waals surface area contributed by atoms with Crippen LogP contribution < -0.4 is 10.6 Å². The summed E-state index contributed by atoms with van der Waals surface area (Å²) in [6.45, 7) is 1.87. The van der Waals surface area contributed by atoms with Gasteiger partial charge in [0.2, 0.25) is 5.91 Å². The zero-order valence-corrected chi connectivity index (χ0v) is 18.7. The van der Waals surface area contributed by atoms with Crippen LogP contribution in [0.3, 0.4) is 0 Å². The van der Waals surface area contributed by atoms with Crippen molar-refractivity contribution < 1.29 is 18.8 Å². The number of ketones is 1. The van der Waals surface area contributed by atoms with Gasteiger partial charge in [0.15, 0.2) is 11.5 Å². The summed E-state index contributed by atoms with van der Waals surface area (Å²) in [5, 5.41) is 5.57. The van der Waals surface area contributed by atoms with E-state index in [4.69, 9.17) is 4.42 Å². The van der Waals surface area contributed by atoms with E-state index in [9.17, 15) is 14.4 Å². The molecule has 0 unspecified atom stereocenters. The van der Waals surface area contributed by atoms with Gasteiger partial charge < -0.3 is 15.1 Å². The summed E-state index contributed by atoms with van der Waals surface area (Å²) in [6, 6.07) is 8.79. The predicted molar refractivity (Wildman–Crippen MR) is 123 cm³/mol. The molecule has 168 valence electrons. The van der Waals surface area contributed by atoms with Crippen LogP contribution in [0.2, 0.25) is 0 Å². The molecule has 4 rings (SSSR count). The largest absolute Gasteiger partial charge is 0.451 e. The first-order valence-electron chi connectivity index (χ1n) is 11.5. The molecule has 1 heterocycles. The van der Waals surface area contributed by atoms with Crippen LogP contribution in [-0.4, -0.2) is 30.7 Å². The van der Waals surface area contributed by atoms with Crippen molar-refractivity contribution in [2.75, 3.05) is 7.05 Å². The van der Waals surface area contributed by atoms with E-state index in [2.05, 4.69) is 10.6 Å². The quantitative estimate of drug-likeness (QED) is 0.680. The lowest BCUT2D eigenvalue weighted by Crippen LogP contribution is -2.50. The highest BCUT2D eigenvalue weighted by molar-refractivity contribution is 6.02. The minimum Gasteiger partial charge on any atom is -0.451 e. The number of carbonyl (C=O) groups is 3. The van der Waals surface area contributed by atoms with Crippen molar-refractivity contribution in [3.05, 3.63) is 52.8 Å². The maximum atomic E-state index is 12.9. The summed E-state index contributed by atoms with van der Waals surface area (Å²) < 4.78 is 5.86. The van der Waals surface area contributed by atoms with E-state index in [-0.39, 0.29) is 29.3 Å². The van der Waals surface area contributed by atoms with Gasteiger partial charge in [-0.15, -0.1) is 0 Å². The van der Waals surface area contributed by atoms with E-state index in [1.165, 1.54) is 6.42 Å². The van der Waals surface area contributed by atoms with Gasteiger partial charge >= 0.3 is 0 Å². The highest BCUT2D eigenvalue weighted by atomic mass is 16.4. The number of hydrogen-bond donors (Lipinski definition) is 2. The summed E-state index contributed by atoms with van der Waals surface area (Å²) >= 11 is 0. The van der Waals surface area contributed by atoms with Crippen molar-refractivity contribution in [2.45, 2.75) is 57.9 Å². The van der Waals surface area contributed by atoms with Crippen LogP contribution >= 0.6 is 0 Å². The fourth-order valence-corrected chi connectivity index (χ4v) is 4.75. The molecule has 0 saturated heterocycles. The first-order chi connectivity index (χ1) is 15.5. The monoisotopic (exact) mass is 434 g/mol. The number of Topliss-reactive ketones (excluding diaryl/α,β-unsaturated/α-hetero) is 1. The maximum absolute atomic E-state index is 12.9. The summed E-state index contributed by atoms with van der Waals surface area (Å²) in [6.07, 6.45) is 8.30. The Labute approximate surface area is 188 Å². The Balaban J connectivity index is 1.48. The second kappa shape index (κ2) is 9.55. The molecule has 1 aromatic carbocycles. The molecular formula is C26H30N2O4. The van der Waals surface area contributed by atoms with E-state index in [0.29, 0.717) is 18.6 Å². The Morgan fingerprint density at radius 1 is 1.09 bits per heavy atom. The highest BCUT2D eigenvalue weighted by Gasteiger charge is 2.31. The molecule has 0 spiro atoms. The third kappa shape index (κ3) is 4.54. The number of rotatable bonds is 7. The van der Waals surface area contributed by atoms with Gasteiger partial charge in [-0.2, -0.15) is 0 Å². The standard InChI is InChI=1S/C26H30N2O4/c1-3-21(29)20-13-17-9-10-18(14-19(17)15-20)22-11-12-23(32-22)25(30)28-24(26(31)27-2)16-7-5-4-6-8-16/h9-14,16,24H,3-8,15H2,1-2H3,(H,27,31)(H,28,30)/t24-/m0/s1. The number of benzene rings is 1. The number of amides is 2. The number of furan rings is 1. The molecule has 1 fully saturated rings. The van der Waals surface area contributed by atoms with Crippen LogP contribution in [0.5, 0.6) is 0 Å². The molecule has 0 aliphatic heterocycles. The van der Waals surface area contributed by atoms with Crippen molar-refractivity contribution in [3.63, 3.8) is 0 Å². The highest BCUT2D eigenvalue weighted by Crippen LogP contribution is 2.32. The molecular weight excluding hydrogens is 404 g/mol. The van der Waals surface area contributed by atoms with Gasteiger partial charge in [0.1, 0.15) is 11.8 Å². The summed E-state index contributed by atoms with van der Waals surface area (Å²) in [7, 11) is 1.59. The molecule has 1 aromatic heterocycles. The van der Waals surface area contributed by atoms with Crippen molar-refractivity contribution in [2.24, 2.45) is 5.92 Å². The molecule has 1 saturated carbocycles. The lowest BCUT2D eigenvalue weighted by atomic mass is 9.83. The summed E-state index contributed by atoms with van der Waals surface area (Å²) in [5.41, 5.74) is 3.83. The molecule has 1 atom stereocenters. The Hall–Kier alpha value is -3.15. The topological polar surface area (TPSA) is 88.4 Å². The molecule has 32 heavy (non-hydrogen) atoms. The Morgan fingerprint density at radius 3 is 2.59 bits per heavy atom. The van der Waals surface area contributed by atoms with Gasteiger partial charge in [-0.3, -0.25) is 14.4 Å². The number of nitrogens with one attached hydrogen (secondary N) is 2. The number of hydrogen-bond acceptors (Lipinski definition) is 4. The number of carbonyl (C=O) groups excluding carboxylic acids is 3. The second-order valence-corrected chi connectivity index (χ2v) is 8.66. The number of likely N-dealkylation sites (N-methyl/N-ethyl adjacent to an activating group) is 1. The maximum Gasteiger partial charge on any atom is 0.287 e. The van der Waals surface area contributed by atoms with Crippen molar-refractivity contribution in [1.29, 1.82) is 0 Å². The molecule has 2 amide bonds. The van der Waals surface area contributed by atoms with Gasteiger partial charge in [0.25, 0.3) is 5.91 Å². The average Bonchev–Trinajstić information content (AvgIpc) is 3.49. The van der Waals surface area contributed by atoms with Crippen LogP contribution in [0.1, 0.15) is 67.1 Å². The first kappa shape index (κ1) is 22.1. The number of allylic oxidation sites excluding steroid dienone is 1. The van der Waals surface area contributed by atoms with Crippen LogP contribution in [0.15, 0.2) is 40.3 Å². The Kier molecular flexibility index (Phi) is 6.58. The predicted octanol–water partition coefficient (Wildman–Crippen LogP) is 4.29. The molecule has 0 radical (unpaired) electrons. The van der Waals surface area contributed by atoms with E-state index in [1.807, 2.05) is 31.2 Å². The van der Waals surface area contributed by atoms with Gasteiger partial charge in [-0.1, -0.05) is 38.3 Å². The van der Waals surface area contributed by atoms with Crippen LogP contribution in [0.25, 0.3) is 17.4 Å². The summed E-state index contributed by atoms with van der Waals surface area (Å²) in [4.78, 5) is 37.3. The summed E-state index contributed by atoms with van der Waals surface area (Å²) in [5.74, 6) is 0.539. The van der Waals surface area contributed by atoms with E-state index < -0.39 is 6.04 Å². The molecule has 2 aliphatic rings. The number of fused-ring (bicyclic) bond motifs is 1. The minimum atomic E-state index is -0.554. The van der Waals surface area contributed by atoms with Gasteiger partial charge in [0, 0.05) is 31.0 Å². The molecule has 0 bridgehead atoms. The molecule has 6 heteroatoms. The van der Waals surface area contributed by atoms with E-state index >= 15 is 0 Å². The zero-order chi connectivity index (χ0) is 22.7. The van der Waals surface area contributed by atoms with E-state index in [1.54, 1.807) is 19.2 Å². The first-order valence-corrected chi connectivity index (χ1v) is 11.5. The lowest BCUT2D eigenvalue weighted by molar-refractivity contribution is -0.124. The van der Waals surface area contributed by atoms with Crippen molar-refractivity contribution >= 4 is 23.7 Å². The SMILES string of the molecule is CCC(=O)C1=Cc2ccc(-c3ccc(C(=O)N[C@H](C(=O)NC)C4CCCCC4)o3)cc2C1. The van der Waals surface area contributed by atoms with E-state index in [0.717, 1.165) is 47.9 Å². The lowest BCUT2D eigenvalue weighted by Gasteiger charge is -2.29. The Bertz CT molecular complexity index is 1060. The zero-order valence-electron chi connectivity index (χ0n) is 18.7. The average molecular weight is 435 g/mol. The third-order valence-electron chi connectivity index (χ3n) is 6.58. The van der Waals surface area contributed by atoms with Crippen LogP contribution in [0, 0.1) is 5.92 Å². The van der Waals surface area contributed by atoms with Gasteiger partial charge in [-0.25, -0.2) is 0 Å². The van der Waals surface area contributed by atoms with Crippen LogP contribution in [0.4, 0.5) is 0 Å². The van der Waals surface area contributed by atoms with Crippen LogP contribution in [-0.2, 0) is 16.0 Å². The van der Waals surface area contributed by atoms with Gasteiger partial charge in [0.05, 0.1) is 0 Å². The molecule has 6 nitrogen and oxygen atoms in total. The Morgan fingerprint density at radius 2 is 1.88 bits per heavy atom.